The molecule has 0 saturated heterocycles. The summed E-state index contributed by atoms with van der Waals surface area (Å²) in [5, 5.41) is 16.3. The van der Waals surface area contributed by atoms with E-state index in [1.807, 2.05) is 13.1 Å². The molecule has 1 aromatic rings. The maximum Gasteiger partial charge on any atom is 0.138 e. The van der Waals surface area contributed by atoms with Crippen molar-refractivity contribution in [3.05, 3.63) is 11.9 Å². The van der Waals surface area contributed by atoms with Gasteiger partial charge in [0.2, 0.25) is 0 Å². The Bertz CT molecular complexity index is 493. The first-order valence-electron chi connectivity index (χ1n) is 7.16. The fourth-order valence-corrected chi connectivity index (χ4v) is 2.31. The van der Waals surface area contributed by atoms with Crippen molar-refractivity contribution in [2.24, 2.45) is 5.41 Å². The van der Waals surface area contributed by atoms with Crippen LogP contribution in [0.1, 0.15) is 46.9 Å². The quantitative estimate of drug-likeness (QED) is 0.792. The van der Waals surface area contributed by atoms with Crippen LogP contribution in [0.25, 0.3) is 0 Å². The summed E-state index contributed by atoms with van der Waals surface area (Å²) >= 11 is 0. The van der Waals surface area contributed by atoms with E-state index in [2.05, 4.69) is 55.2 Å². The molecule has 0 amide bonds. The van der Waals surface area contributed by atoms with Crippen LogP contribution in [0.4, 0.5) is 11.6 Å². The highest BCUT2D eigenvalue weighted by atomic mass is 16.3. The van der Waals surface area contributed by atoms with E-state index in [1.165, 1.54) is 0 Å². The van der Waals surface area contributed by atoms with Crippen LogP contribution in [-0.2, 0) is 5.41 Å². The van der Waals surface area contributed by atoms with Crippen LogP contribution in [0.2, 0.25) is 0 Å². The number of hydrogen-bond donors (Lipinski definition) is 3. The minimum absolute atomic E-state index is 0.0993. The van der Waals surface area contributed by atoms with Gasteiger partial charge in [-0.3, -0.25) is 0 Å². The fraction of sp³-hybridized carbons (Fsp3) is 0.733. The summed E-state index contributed by atoms with van der Waals surface area (Å²) in [6, 6.07) is 2.15. The number of aromatic nitrogens is 2. The summed E-state index contributed by atoms with van der Waals surface area (Å²) in [5.41, 5.74) is -0.218. The van der Waals surface area contributed by atoms with Gasteiger partial charge < -0.3 is 15.7 Å². The molecule has 20 heavy (non-hydrogen) atoms. The summed E-state index contributed by atoms with van der Waals surface area (Å²) in [5.74, 6) is 2.44. The Labute approximate surface area is 121 Å². The van der Waals surface area contributed by atoms with Crippen LogP contribution in [0.15, 0.2) is 6.07 Å². The van der Waals surface area contributed by atoms with E-state index in [4.69, 9.17) is 0 Å². The molecule has 5 heteroatoms. The van der Waals surface area contributed by atoms with Crippen molar-refractivity contribution in [3.63, 3.8) is 0 Å². The van der Waals surface area contributed by atoms with Crippen LogP contribution >= 0.6 is 0 Å². The Balaban J connectivity index is 2.24. The van der Waals surface area contributed by atoms with Crippen LogP contribution in [-0.4, -0.2) is 34.3 Å². The Kier molecular flexibility index (Phi) is 3.67. The van der Waals surface area contributed by atoms with Gasteiger partial charge in [-0.2, -0.15) is 0 Å². The second-order valence-electron chi connectivity index (χ2n) is 7.23. The summed E-state index contributed by atoms with van der Waals surface area (Å²) in [4.78, 5) is 9.14. The topological polar surface area (TPSA) is 70.1 Å². The molecule has 0 aromatic carbocycles. The molecule has 1 aliphatic rings. The maximum atomic E-state index is 9.82. The van der Waals surface area contributed by atoms with Crippen LogP contribution < -0.4 is 10.6 Å². The molecule has 0 bridgehead atoms. The molecule has 1 aromatic heterocycles. The van der Waals surface area contributed by atoms with E-state index >= 15 is 0 Å². The monoisotopic (exact) mass is 278 g/mol. The van der Waals surface area contributed by atoms with Crippen molar-refractivity contribution in [1.29, 1.82) is 0 Å². The highest BCUT2D eigenvalue weighted by molar-refractivity contribution is 5.49. The van der Waals surface area contributed by atoms with Crippen LogP contribution in [0, 0.1) is 5.41 Å². The highest BCUT2D eigenvalue weighted by Gasteiger charge is 2.47. The number of nitrogens with one attached hydrogen (secondary N) is 2. The predicted molar refractivity (Wildman–Crippen MR) is 82.1 cm³/mol. The van der Waals surface area contributed by atoms with E-state index in [0.717, 1.165) is 23.9 Å². The lowest BCUT2D eigenvalue weighted by Crippen LogP contribution is -2.57. The van der Waals surface area contributed by atoms with E-state index in [1.54, 1.807) is 0 Å². The third kappa shape index (κ3) is 2.73. The van der Waals surface area contributed by atoms with Gasteiger partial charge in [0.15, 0.2) is 0 Å². The number of aliphatic hydroxyl groups excluding tert-OH is 1. The Morgan fingerprint density at radius 3 is 2.30 bits per heavy atom. The number of anilines is 2. The first-order valence-corrected chi connectivity index (χ1v) is 7.16. The van der Waals surface area contributed by atoms with Gasteiger partial charge in [0.1, 0.15) is 17.5 Å². The molecule has 2 atom stereocenters. The smallest absolute Gasteiger partial charge is 0.138 e. The van der Waals surface area contributed by atoms with Gasteiger partial charge in [-0.1, -0.05) is 34.6 Å². The molecule has 1 saturated carbocycles. The van der Waals surface area contributed by atoms with Gasteiger partial charge in [0, 0.05) is 30.0 Å². The number of aliphatic hydroxyl groups is 1. The summed E-state index contributed by atoms with van der Waals surface area (Å²) in [7, 11) is 1.86. The number of hydrogen-bond acceptors (Lipinski definition) is 5. The minimum atomic E-state index is -0.243. The second kappa shape index (κ2) is 4.88. The van der Waals surface area contributed by atoms with Gasteiger partial charge >= 0.3 is 0 Å². The zero-order valence-electron chi connectivity index (χ0n) is 13.3. The molecule has 2 rings (SSSR count). The lowest BCUT2D eigenvalue weighted by atomic mass is 9.64. The zero-order valence-corrected chi connectivity index (χ0v) is 13.3. The van der Waals surface area contributed by atoms with Crippen molar-refractivity contribution < 1.29 is 5.11 Å². The SMILES string of the molecule is CNc1cc(NC2CC(O)C2(C)C)nc(C(C)(C)C)n1. The molecular weight excluding hydrogens is 252 g/mol. The Hall–Kier alpha value is -1.36. The Morgan fingerprint density at radius 2 is 1.85 bits per heavy atom. The van der Waals surface area contributed by atoms with Crippen LogP contribution in [0.3, 0.4) is 0 Å². The molecule has 0 aliphatic heterocycles. The maximum absolute atomic E-state index is 9.82. The summed E-state index contributed by atoms with van der Waals surface area (Å²) in [6.07, 6.45) is 0.518. The van der Waals surface area contributed by atoms with Gasteiger partial charge in [-0.15, -0.1) is 0 Å². The molecular formula is C15H26N4O. The van der Waals surface area contributed by atoms with Crippen molar-refractivity contribution in [3.8, 4) is 0 Å². The van der Waals surface area contributed by atoms with E-state index < -0.39 is 0 Å². The van der Waals surface area contributed by atoms with Gasteiger partial charge in [0.05, 0.1) is 6.10 Å². The van der Waals surface area contributed by atoms with Gasteiger partial charge in [-0.25, -0.2) is 9.97 Å². The standard InChI is InChI=1S/C15H26N4O/c1-14(2,3)13-18-11(16-6)8-12(19-13)17-9-7-10(20)15(9,4)5/h8-10,20H,7H2,1-6H3,(H2,16,17,18,19). The minimum Gasteiger partial charge on any atom is -0.392 e. The summed E-state index contributed by atoms with van der Waals surface area (Å²) in [6.45, 7) is 10.4. The normalized spacial score (nSPS) is 24.9. The average Bonchev–Trinajstić information content (AvgIpc) is 2.37. The molecule has 5 nitrogen and oxygen atoms in total. The Morgan fingerprint density at radius 1 is 1.25 bits per heavy atom. The van der Waals surface area contributed by atoms with Crippen LogP contribution in [0.5, 0.6) is 0 Å². The van der Waals surface area contributed by atoms with Crippen molar-refractivity contribution in [2.75, 3.05) is 17.7 Å². The van der Waals surface area contributed by atoms with E-state index in [-0.39, 0.29) is 23.0 Å². The van der Waals surface area contributed by atoms with Gasteiger partial charge in [0.25, 0.3) is 0 Å². The fourth-order valence-electron chi connectivity index (χ4n) is 2.31. The number of rotatable bonds is 3. The third-order valence-electron chi connectivity index (χ3n) is 4.19. The molecule has 1 aliphatic carbocycles. The number of nitrogens with zero attached hydrogens (tertiary/aromatic N) is 2. The first-order chi connectivity index (χ1) is 9.14. The van der Waals surface area contributed by atoms with Crippen molar-refractivity contribution >= 4 is 11.6 Å². The molecule has 0 radical (unpaired) electrons. The first kappa shape index (κ1) is 15.0. The molecule has 112 valence electrons. The summed E-state index contributed by atoms with van der Waals surface area (Å²) < 4.78 is 0. The van der Waals surface area contributed by atoms with E-state index in [9.17, 15) is 5.11 Å². The van der Waals surface area contributed by atoms with Crippen molar-refractivity contribution in [1.82, 2.24) is 9.97 Å². The molecule has 2 unspecified atom stereocenters. The highest BCUT2D eigenvalue weighted by Crippen LogP contribution is 2.42. The predicted octanol–water partition coefficient (Wildman–Crippen LogP) is 2.39. The molecule has 1 heterocycles. The second-order valence-corrected chi connectivity index (χ2v) is 7.23. The van der Waals surface area contributed by atoms with Crippen molar-refractivity contribution in [2.45, 2.75) is 58.6 Å². The zero-order chi connectivity index (χ0) is 15.1. The third-order valence-corrected chi connectivity index (χ3v) is 4.19. The van der Waals surface area contributed by atoms with Gasteiger partial charge in [-0.05, 0) is 6.42 Å². The molecule has 3 N–H and O–H groups in total. The lowest BCUT2D eigenvalue weighted by molar-refractivity contribution is -0.0511. The lowest BCUT2D eigenvalue weighted by Gasteiger charge is -2.49. The molecule has 1 fully saturated rings. The molecule has 0 spiro atoms. The van der Waals surface area contributed by atoms with E-state index in [0.29, 0.717) is 0 Å². The average molecular weight is 278 g/mol. The largest absolute Gasteiger partial charge is 0.392 e.